The van der Waals surface area contributed by atoms with Gasteiger partial charge in [0.15, 0.2) is 5.13 Å². The zero-order valence-electron chi connectivity index (χ0n) is 17.9. The third kappa shape index (κ3) is 4.35. The molecule has 2 aliphatic heterocycles. The van der Waals surface area contributed by atoms with Gasteiger partial charge in [0, 0.05) is 56.1 Å². The van der Waals surface area contributed by atoms with Crippen LogP contribution < -0.4 is 4.90 Å². The highest BCUT2D eigenvalue weighted by Gasteiger charge is 2.32. The number of nitrogens with zero attached hydrogens (tertiary/aromatic N) is 5. The number of piperazine rings is 1. The Morgan fingerprint density at radius 1 is 1.07 bits per heavy atom. The average molecular weight is 432 g/mol. The van der Waals surface area contributed by atoms with Crippen molar-refractivity contribution < 1.29 is 14.1 Å². The molecule has 4 rings (SSSR count). The predicted octanol–water partition coefficient (Wildman–Crippen LogP) is 2.19. The molecule has 0 aliphatic carbocycles. The highest BCUT2D eigenvalue weighted by molar-refractivity contribution is 7.13. The Labute approximate surface area is 180 Å². The molecule has 0 unspecified atom stereocenters. The Hall–Kier alpha value is -2.42. The number of anilines is 1. The molecule has 0 saturated carbocycles. The summed E-state index contributed by atoms with van der Waals surface area (Å²) in [7, 11) is 0. The number of piperidine rings is 1. The molecule has 2 aromatic heterocycles. The molecule has 0 aromatic carbocycles. The fraction of sp³-hybridized carbons (Fsp3) is 0.619. The highest BCUT2D eigenvalue weighted by atomic mass is 32.1. The molecule has 2 aromatic rings. The molecule has 0 atom stereocenters. The first-order valence-corrected chi connectivity index (χ1v) is 11.5. The van der Waals surface area contributed by atoms with Crippen molar-refractivity contribution in [2.75, 3.05) is 44.2 Å². The number of rotatable bonds is 4. The summed E-state index contributed by atoms with van der Waals surface area (Å²) in [6.45, 7) is 9.84. The van der Waals surface area contributed by atoms with Crippen molar-refractivity contribution in [1.29, 1.82) is 0 Å². The molecule has 30 heavy (non-hydrogen) atoms. The Kier molecular flexibility index (Phi) is 6.08. The average Bonchev–Trinajstić information content (AvgIpc) is 3.34. The second kappa shape index (κ2) is 8.75. The summed E-state index contributed by atoms with van der Waals surface area (Å²) in [5.41, 5.74) is 2.70. The third-order valence-electron chi connectivity index (χ3n) is 6.17. The Morgan fingerprint density at radius 2 is 1.73 bits per heavy atom. The number of carbonyl (C=O) groups excluding carboxylic acids is 2. The van der Waals surface area contributed by atoms with Crippen molar-refractivity contribution >= 4 is 28.3 Å². The number of hydrogen-bond acceptors (Lipinski definition) is 7. The molecular formula is C21H29N5O3S. The Morgan fingerprint density at radius 3 is 2.30 bits per heavy atom. The van der Waals surface area contributed by atoms with E-state index in [2.05, 4.69) is 20.4 Å². The van der Waals surface area contributed by atoms with Crippen LogP contribution in [0.25, 0.3) is 0 Å². The summed E-state index contributed by atoms with van der Waals surface area (Å²) < 4.78 is 5.16. The van der Waals surface area contributed by atoms with Gasteiger partial charge < -0.3 is 19.2 Å². The van der Waals surface area contributed by atoms with Gasteiger partial charge in [0.05, 0.1) is 17.8 Å². The molecule has 0 N–H and O–H groups in total. The molecule has 8 nitrogen and oxygen atoms in total. The summed E-state index contributed by atoms with van der Waals surface area (Å²) in [5, 5.41) is 7.05. The van der Waals surface area contributed by atoms with Crippen LogP contribution in [0.3, 0.4) is 0 Å². The van der Waals surface area contributed by atoms with Crippen LogP contribution in [0.15, 0.2) is 9.90 Å². The molecule has 162 valence electrons. The van der Waals surface area contributed by atoms with Crippen LogP contribution >= 0.6 is 11.3 Å². The van der Waals surface area contributed by atoms with Gasteiger partial charge in [-0.1, -0.05) is 5.16 Å². The van der Waals surface area contributed by atoms with E-state index in [0.717, 1.165) is 48.0 Å². The minimum atomic E-state index is 0.0727. The molecule has 0 bridgehead atoms. The zero-order chi connectivity index (χ0) is 21.3. The molecule has 2 amide bonds. The van der Waals surface area contributed by atoms with Gasteiger partial charge in [-0.25, -0.2) is 4.98 Å². The largest absolute Gasteiger partial charge is 0.361 e. The van der Waals surface area contributed by atoms with E-state index in [1.807, 2.05) is 30.6 Å². The van der Waals surface area contributed by atoms with Crippen molar-refractivity contribution in [3.05, 3.63) is 28.1 Å². The lowest BCUT2D eigenvalue weighted by molar-refractivity contribution is -0.142. The normalized spacial score (nSPS) is 18.2. The van der Waals surface area contributed by atoms with Gasteiger partial charge in [-0.05, 0) is 33.6 Å². The standard InChI is InChI=1S/C21H29N5O3S/c1-14-13-30-21(22-14)26-6-4-17(5-7-26)20(28)25-10-8-24(9-11-25)19(27)12-18-15(2)23-29-16(18)3/h13,17H,4-12H2,1-3H3. The van der Waals surface area contributed by atoms with E-state index in [-0.39, 0.29) is 17.7 Å². The van der Waals surface area contributed by atoms with Gasteiger partial charge in [-0.15, -0.1) is 11.3 Å². The number of aromatic nitrogens is 2. The fourth-order valence-corrected chi connectivity index (χ4v) is 5.11. The maximum absolute atomic E-state index is 13.0. The number of hydrogen-bond donors (Lipinski definition) is 0. The van der Waals surface area contributed by atoms with E-state index in [4.69, 9.17) is 4.52 Å². The predicted molar refractivity (Wildman–Crippen MR) is 115 cm³/mol. The first-order valence-electron chi connectivity index (χ1n) is 10.6. The number of carbonyl (C=O) groups is 2. The van der Waals surface area contributed by atoms with Gasteiger partial charge >= 0.3 is 0 Å². The van der Waals surface area contributed by atoms with Crippen LogP contribution in [0.1, 0.15) is 35.6 Å². The SMILES string of the molecule is Cc1csc(N2CCC(C(=O)N3CCN(C(=O)Cc4c(C)noc4C)CC3)CC2)n1. The van der Waals surface area contributed by atoms with Crippen molar-refractivity contribution in [3.63, 3.8) is 0 Å². The molecule has 2 fully saturated rings. The number of thiazole rings is 1. The first-order chi connectivity index (χ1) is 14.4. The number of aryl methyl sites for hydroxylation is 3. The van der Waals surface area contributed by atoms with E-state index in [0.29, 0.717) is 38.4 Å². The summed E-state index contributed by atoms with van der Waals surface area (Å²) in [5.74, 6) is 1.09. The van der Waals surface area contributed by atoms with Crippen LogP contribution in [0.4, 0.5) is 5.13 Å². The molecule has 0 spiro atoms. The third-order valence-corrected chi connectivity index (χ3v) is 7.19. The Balaban J connectivity index is 1.25. The first kappa shape index (κ1) is 20.8. The lowest BCUT2D eigenvalue weighted by Gasteiger charge is -2.38. The van der Waals surface area contributed by atoms with E-state index >= 15 is 0 Å². The highest BCUT2D eigenvalue weighted by Crippen LogP contribution is 2.27. The molecule has 9 heteroatoms. The molecule has 4 heterocycles. The fourth-order valence-electron chi connectivity index (χ4n) is 4.26. The van der Waals surface area contributed by atoms with Crippen LogP contribution in [-0.2, 0) is 16.0 Å². The summed E-state index contributed by atoms with van der Waals surface area (Å²) in [6, 6.07) is 0. The van der Waals surface area contributed by atoms with Gasteiger partial charge in [0.1, 0.15) is 5.76 Å². The topological polar surface area (TPSA) is 82.8 Å². The number of amides is 2. The van der Waals surface area contributed by atoms with Crippen molar-refractivity contribution in [2.45, 2.75) is 40.0 Å². The van der Waals surface area contributed by atoms with E-state index < -0.39 is 0 Å². The van der Waals surface area contributed by atoms with Crippen molar-refractivity contribution in [1.82, 2.24) is 19.9 Å². The molecule has 2 saturated heterocycles. The maximum atomic E-state index is 13.0. The lowest BCUT2D eigenvalue weighted by atomic mass is 9.95. The molecular weight excluding hydrogens is 402 g/mol. The van der Waals surface area contributed by atoms with Crippen LogP contribution in [0.5, 0.6) is 0 Å². The van der Waals surface area contributed by atoms with Gasteiger partial charge in [0.2, 0.25) is 11.8 Å². The lowest BCUT2D eigenvalue weighted by Crippen LogP contribution is -2.53. The van der Waals surface area contributed by atoms with Gasteiger partial charge in [-0.2, -0.15) is 0 Å². The zero-order valence-corrected chi connectivity index (χ0v) is 18.7. The monoisotopic (exact) mass is 431 g/mol. The van der Waals surface area contributed by atoms with E-state index in [1.165, 1.54) is 0 Å². The summed E-state index contributed by atoms with van der Waals surface area (Å²) in [4.78, 5) is 36.3. The molecule has 2 aliphatic rings. The van der Waals surface area contributed by atoms with Crippen molar-refractivity contribution in [2.24, 2.45) is 5.92 Å². The quantitative estimate of drug-likeness (QED) is 0.738. The molecule has 0 radical (unpaired) electrons. The second-order valence-electron chi connectivity index (χ2n) is 8.22. The van der Waals surface area contributed by atoms with Crippen LogP contribution in [0, 0.1) is 26.7 Å². The van der Waals surface area contributed by atoms with Gasteiger partial charge in [-0.3, -0.25) is 9.59 Å². The minimum absolute atomic E-state index is 0.0727. The van der Waals surface area contributed by atoms with Crippen LogP contribution in [-0.4, -0.2) is 71.0 Å². The van der Waals surface area contributed by atoms with E-state index in [1.54, 1.807) is 11.3 Å². The van der Waals surface area contributed by atoms with Crippen LogP contribution in [0.2, 0.25) is 0 Å². The maximum Gasteiger partial charge on any atom is 0.227 e. The summed E-state index contributed by atoms with van der Waals surface area (Å²) >= 11 is 1.67. The Bertz CT molecular complexity index is 888. The summed E-state index contributed by atoms with van der Waals surface area (Å²) in [6.07, 6.45) is 2.04. The van der Waals surface area contributed by atoms with Gasteiger partial charge in [0.25, 0.3) is 0 Å². The van der Waals surface area contributed by atoms with Crippen molar-refractivity contribution in [3.8, 4) is 0 Å². The minimum Gasteiger partial charge on any atom is -0.361 e. The second-order valence-corrected chi connectivity index (χ2v) is 9.05. The van der Waals surface area contributed by atoms with E-state index in [9.17, 15) is 9.59 Å². The smallest absolute Gasteiger partial charge is 0.227 e.